The molecule has 0 spiro atoms. The zero-order valence-corrected chi connectivity index (χ0v) is 11.9. The molecule has 96 valence electrons. The Morgan fingerprint density at radius 2 is 2.22 bits per heavy atom. The zero-order chi connectivity index (χ0) is 13.0. The number of nitrogens with one attached hydrogen (secondary N) is 1. The number of nitrogens with zero attached hydrogens (tertiary/aromatic N) is 3. The van der Waals surface area contributed by atoms with Crippen LogP contribution in [0.25, 0.3) is 0 Å². The lowest BCUT2D eigenvalue weighted by atomic mass is 10.3. The molecule has 1 N–H and O–H groups in total. The molecule has 2 aromatic rings. The number of pyridine rings is 1. The first-order valence-electron chi connectivity index (χ1n) is 5.56. The molecular formula is C12H15ClN4S. The van der Waals surface area contributed by atoms with Crippen molar-refractivity contribution in [1.29, 1.82) is 0 Å². The van der Waals surface area contributed by atoms with Gasteiger partial charge in [0.05, 0.1) is 11.9 Å². The summed E-state index contributed by atoms with van der Waals surface area (Å²) in [7, 11) is 2.02. The molecule has 2 aromatic heterocycles. The van der Waals surface area contributed by atoms with Crippen LogP contribution in [0.15, 0.2) is 29.8 Å². The van der Waals surface area contributed by atoms with Crippen molar-refractivity contribution >= 4 is 23.4 Å². The van der Waals surface area contributed by atoms with Crippen molar-refractivity contribution in [2.45, 2.75) is 18.2 Å². The molecule has 0 aromatic carbocycles. The number of thioether (sulfide) groups is 1. The first kappa shape index (κ1) is 13.4. The highest BCUT2D eigenvalue weighted by Gasteiger charge is 2.05. The average molecular weight is 283 g/mol. The predicted octanol–water partition coefficient (Wildman–Crippen LogP) is 2.48. The minimum Gasteiger partial charge on any atom is -0.325 e. The van der Waals surface area contributed by atoms with E-state index in [4.69, 9.17) is 11.6 Å². The van der Waals surface area contributed by atoms with Gasteiger partial charge in [0.1, 0.15) is 0 Å². The fourth-order valence-corrected chi connectivity index (χ4v) is 2.37. The molecular weight excluding hydrogens is 268 g/mol. The summed E-state index contributed by atoms with van der Waals surface area (Å²) in [6.45, 7) is 1.46. The Bertz CT molecular complexity index is 527. The summed E-state index contributed by atoms with van der Waals surface area (Å²) in [5, 5.41) is 5.11. The number of hydrogen-bond donors (Lipinski definition) is 1. The third-order valence-corrected chi connectivity index (χ3v) is 3.80. The Labute approximate surface area is 116 Å². The molecule has 0 bridgehead atoms. The highest BCUT2D eigenvalue weighted by Crippen LogP contribution is 2.15. The van der Waals surface area contributed by atoms with Crippen LogP contribution >= 0.6 is 23.4 Å². The van der Waals surface area contributed by atoms with Crippen LogP contribution in [0.1, 0.15) is 11.3 Å². The standard InChI is InChI=1S/C12H15ClN4S/c1-17-10(8-16-12(17)18-2)7-15-6-9-5-14-4-3-11(9)13/h3-5,8,15H,6-7H2,1-2H3. The molecule has 18 heavy (non-hydrogen) atoms. The summed E-state index contributed by atoms with van der Waals surface area (Å²) in [6.07, 6.45) is 7.39. The molecule has 6 heteroatoms. The highest BCUT2D eigenvalue weighted by atomic mass is 35.5. The molecule has 2 rings (SSSR count). The maximum absolute atomic E-state index is 6.06. The fraction of sp³-hybridized carbons (Fsp3) is 0.333. The molecule has 0 saturated heterocycles. The maximum Gasteiger partial charge on any atom is 0.167 e. The van der Waals surface area contributed by atoms with Crippen LogP contribution in [0, 0.1) is 0 Å². The molecule has 0 fully saturated rings. The van der Waals surface area contributed by atoms with E-state index in [2.05, 4.69) is 19.9 Å². The maximum atomic E-state index is 6.06. The second-order valence-corrected chi connectivity index (χ2v) is 5.05. The first-order chi connectivity index (χ1) is 8.72. The second-order valence-electron chi connectivity index (χ2n) is 3.87. The van der Waals surface area contributed by atoms with Gasteiger partial charge in [-0.3, -0.25) is 4.98 Å². The number of imidazole rings is 1. The molecule has 2 heterocycles. The summed E-state index contributed by atoms with van der Waals surface area (Å²) >= 11 is 7.70. The highest BCUT2D eigenvalue weighted by molar-refractivity contribution is 7.98. The Balaban J connectivity index is 1.92. The van der Waals surface area contributed by atoms with Crippen LogP contribution in [0.3, 0.4) is 0 Å². The topological polar surface area (TPSA) is 42.7 Å². The van der Waals surface area contributed by atoms with Crippen molar-refractivity contribution < 1.29 is 0 Å². The van der Waals surface area contributed by atoms with Crippen molar-refractivity contribution in [3.8, 4) is 0 Å². The van der Waals surface area contributed by atoms with Gasteiger partial charge in [0.2, 0.25) is 0 Å². The molecule has 0 aliphatic rings. The van der Waals surface area contributed by atoms with Crippen LogP contribution in [0.5, 0.6) is 0 Å². The predicted molar refractivity (Wildman–Crippen MR) is 74.8 cm³/mol. The fourth-order valence-electron chi connectivity index (χ4n) is 1.65. The monoisotopic (exact) mass is 282 g/mol. The molecule has 0 aliphatic heterocycles. The van der Waals surface area contributed by atoms with Gasteiger partial charge in [-0.15, -0.1) is 0 Å². The van der Waals surface area contributed by atoms with Crippen LogP contribution in [-0.4, -0.2) is 20.8 Å². The van der Waals surface area contributed by atoms with Crippen molar-refractivity contribution in [2.75, 3.05) is 6.26 Å². The smallest absolute Gasteiger partial charge is 0.167 e. The van der Waals surface area contributed by atoms with Crippen LogP contribution in [0.4, 0.5) is 0 Å². The molecule has 0 aliphatic carbocycles. The summed E-state index contributed by atoms with van der Waals surface area (Å²) in [4.78, 5) is 8.39. The lowest BCUT2D eigenvalue weighted by molar-refractivity contribution is 0.637. The van der Waals surface area contributed by atoms with E-state index in [9.17, 15) is 0 Å². The Morgan fingerprint density at radius 3 is 2.89 bits per heavy atom. The summed E-state index contributed by atoms with van der Waals surface area (Å²) < 4.78 is 2.09. The van der Waals surface area contributed by atoms with Gasteiger partial charge < -0.3 is 9.88 Å². The SMILES string of the molecule is CSc1ncc(CNCc2cnccc2Cl)n1C. The van der Waals surface area contributed by atoms with Gasteiger partial charge in [-0.2, -0.15) is 0 Å². The Kier molecular flexibility index (Phi) is 4.63. The normalized spacial score (nSPS) is 10.8. The quantitative estimate of drug-likeness (QED) is 0.856. The third-order valence-electron chi connectivity index (χ3n) is 2.69. The van der Waals surface area contributed by atoms with Crippen LogP contribution < -0.4 is 5.32 Å². The van der Waals surface area contributed by atoms with Gasteiger partial charge in [-0.1, -0.05) is 23.4 Å². The van der Waals surface area contributed by atoms with Gasteiger partial charge in [-0.25, -0.2) is 4.98 Å². The van der Waals surface area contributed by atoms with Gasteiger partial charge in [-0.05, 0) is 12.3 Å². The van der Waals surface area contributed by atoms with E-state index in [0.717, 1.165) is 28.0 Å². The molecule has 0 radical (unpaired) electrons. The minimum absolute atomic E-state index is 0.701. The van der Waals surface area contributed by atoms with Crippen LogP contribution in [0.2, 0.25) is 5.02 Å². The van der Waals surface area contributed by atoms with Crippen molar-refractivity contribution in [3.63, 3.8) is 0 Å². The molecule has 0 atom stereocenters. The van der Waals surface area contributed by atoms with E-state index in [1.165, 1.54) is 0 Å². The lowest BCUT2D eigenvalue weighted by Gasteiger charge is -2.07. The van der Waals surface area contributed by atoms with E-state index in [1.807, 2.05) is 19.5 Å². The number of aromatic nitrogens is 3. The number of halogens is 1. The Morgan fingerprint density at radius 1 is 1.39 bits per heavy atom. The zero-order valence-electron chi connectivity index (χ0n) is 10.4. The van der Waals surface area contributed by atoms with Gasteiger partial charge in [0, 0.05) is 43.1 Å². The molecule has 0 saturated carbocycles. The largest absolute Gasteiger partial charge is 0.325 e. The van der Waals surface area contributed by atoms with E-state index < -0.39 is 0 Å². The molecule has 0 amide bonds. The van der Waals surface area contributed by atoms with E-state index >= 15 is 0 Å². The summed E-state index contributed by atoms with van der Waals surface area (Å²) in [6, 6.07) is 1.80. The van der Waals surface area contributed by atoms with E-state index in [-0.39, 0.29) is 0 Å². The van der Waals surface area contributed by atoms with E-state index in [0.29, 0.717) is 6.54 Å². The Hall–Kier alpha value is -1.04. The first-order valence-corrected chi connectivity index (χ1v) is 7.16. The second kappa shape index (κ2) is 6.22. The van der Waals surface area contributed by atoms with Gasteiger partial charge in [0.15, 0.2) is 5.16 Å². The van der Waals surface area contributed by atoms with Crippen molar-refractivity contribution in [1.82, 2.24) is 19.9 Å². The minimum atomic E-state index is 0.701. The van der Waals surface area contributed by atoms with Crippen molar-refractivity contribution in [3.05, 3.63) is 40.9 Å². The van der Waals surface area contributed by atoms with Crippen LogP contribution in [-0.2, 0) is 20.1 Å². The number of rotatable bonds is 5. The number of hydrogen-bond acceptors (Lipinski definition) is 4. The summed E-state index contributed by atoms with van der Waals surface area (Å²) in [5.41, 5.74) is 2.16. The molecule has 0 unspecified atom stereocenters. The average Bonchev–Trinajstić information content (AvgIpc) is 2.73. The third kappa shape index (κ3) is 3.04. The summed E-state index contributed by atoms with van der Waals surface area (Å²) in [5.74, 6) is 0. The van der Waals surface area contributed by atoms with Gasteiger partial charge in [0.25, 0.3) is 0 Å². The van der Waals surface area contributed by atoms with E-state index in [1.54, 1.807) is 30.2 Å². The van der Waals surface area contributed by atoms with Gasteiger partial charge >= 0.3 is 0 Å². The lowest BCUT2D eigenvalue weighted by Crippen LogP contribution is -2.15. The van der Waals surface area contributed by atoms with Crippen molar-refractivity contribution in [2.24, 2.45) is 7.05 Å². The molecule has 4 nitrogen and oxygen atoms in total.